The second kappa shape index (κ2) is 9.74. The Bertz CT molecular complexity index is 870. The van der Waals surface area contributed by atoms with Crippen molar-refractivity contribution in [1.29, 1.82) is 0 Å². The van der Waals surface area contributed by atoms with Crippen molar-refractivity contribution in [1.82, 2.24) is 15.3 Å². The van der Waals surface area contributed by atoms with Crippen LogP contribution in [0.4, 0.5) is 4.79 Å². The summed E-state index contributed by atoms with van der Waals surface area (Å²) in [5.41, 5.74) is 4.31. The minimum Gasteiger partial charge on any atom is -0.445 e. The Morgan fingerprint density at radius 2 is 1.82 bits per heavy atom. The van der Waals surface area contributed by atoms with E-state index < -0.39 is 6.09 Å². The molecule has 1 amide bonds. The number of carbonyl (C=O) groups excluding carboxylic acids is 1. The topological polar surface area (TPSA) is 67.0 Å². The second-order valence-corrected chi connectivity index (χ2v) is 7.27. The molecule has 3 rings (SSSR count). The van der Waals surface area contributed by atoms with E-state index in [1.807, 2.05) is 36.5 Å². The molecule has 0 spiro atoms. The summed E-state index contributed by atoms with van der Waals surface area (Å²) in [5.74, 6) is 1.49. The van der Waals surface area contributed by atoms with Crippen LogP contribution in [0.3, 0.4) is 0 Å². The number of amides is 1. The molecule has 0 atom stereocenters. The van der Waals surface area contributed by atoms with E-state index in [0.29, 0.717) is 18.9 Å². The van der Waals surface area contributed by atoms with Gasteiger partial charge in [0.25, 0.3) is 0 Å². The number of hydrogen-bond acceptors (Lipinski definition) is 3. The lowest BCUT2D eigenvalue weighted by molar-refractivity contribution is 0.140. The molecule has 5 heteroatoms. The fourth-order valence-corrected chi connectivity index (χ4v) is 2.98. The average Bonchev–Trinajstić information content (AvgIpc) is 3.16. The summed E-state index contributed by atoms with van der Waals surface area (Å²) >= 11 is 0. The van der Waals surface area contributed by atoms with Crippen LogP contribution in [0.25, 0.3) is 11.3 Å². The molecule has 1 heterocycles. The van der Waals surface area contributed by atoms with Crippen molar-refractivity contribution in [3.63, 3.8) is 0 Å². The molecule has 0 unspecified atom stereocenters. The first kappa shape index (κ1) is 19.7. The van der Waals surface area contributed by atoms with Gasteiger partial charge in [-0.15, -0.1) is 0 Å². The number of nitrogens with zero attached hydrogens (tertiary/aromatic N) is 1. The van der Waals surface area contributed by atoms with Crippen LogP contribution >= 0.6 is 0 Å². The summed E-state index contributed by atoms with van der Waals surface area (Å²) in [5, 5.41) is 2.75. The molecular formula is C23H27N3O2. The molecule has 0 aliphatic carbocycles. The van der Waals surface area contributed by atoms with Crippen LogP contribution in [0.15, 0.2) is 60.8 Å². The number of rotatable bonds is 8. The zero-order valence-electron chi connectivity index (χ0n) is 16.4. The lowest BCUT2D eigenvalue weighted by Gasteiger charge is -2.06. The lowest BCUT2D eigenvalue weighted by atomic mass is 10.0. The summed E-state index contributed by atoms with van der Waals surface area (Å²) in [7, 11) is 0. The van der Waals surface area contributed by atoms with Crippen molar-refractivity contribution in [2.75, 3.05) is 6.54 Å². The van der Waals surface area contributed by atoms with E-state index >= 15 is 0 Å². The molecule has 2 aromatic carbocycles. The minimum atomic E-state index is -0.420. The van der Waals surface area contributed by atoms with E-state index in [1.165, 1.54) is 5.56 Å². The molecule has 2 N–H and O–H groups in total. The standard InChI is InChI=1S/C23H27N3O2/c1-17(2)14-18-8-10-20(11-9-18)21-15-25-22(26-21)12-13-24-23(27)28-16-19-6-4-3-5-7-19/h3-11,15,17H,12-14,16H2,1-2H3,(H,24,27)(H,25,26). The van der Waals surface area contributed by atoms with Crippen LogP contribution in [-0.2, 0) is 24.2 Å². The second-order valence-electron chi connectivity index (χ2n) is 7.27. The Balaban J connectivity index is 1.43. The molecule has 1 aromatic heterocycles. The van der Waals surface area contributed by atoms with Gasteiger partial charge in [-0.1, -0.05) is 68.4 Å². The molecule has 5 nitrogen and oxygen atoms in total. The SMILES string of the molecule is CC(C)Cc1ccc(-c2c[nH]c(CCNC(=O)OCc3ccccc3)n2)cc1. The third-order valence-electron chi connectivity index (χ3n) is 4.37. The molecular weight excluding hydrogens is 350 g/mol. The highest BCUT2D eigenvalue weighted by Crippen LogP contribution is 2.19. The van der Waals surface area contributed by atoms with Crippen LogP contribution in [0.1, 0.15) is 30.8 Å². The zero-order valence-corrected chi connectivity index (χ0v) is 16.4. The zero-order chi connectivity index (χ0) is 19.8. The van der Waals surface area contributed by atoms with E-state index in [2.05, 4.69) is 53.4 Å². The number of aromatic nitrogens is 2. The van der Waals surface area contributed by atoms with Gasteiger partial charge in [0.1, 0.15) is 12.4 Å². The predicted molar refractivity (Wildman–Crippen MR) is 111 cm³/mol. The Morgan fingerprint density at radius 1 is 1.07 bits per heavy atom. The van der Waals surface area contributed by atoms with E-state index in [1.54, 1.807) is 0 Å². The van der Waals surface area contributed by atoms with Crippen molar-refractivity contribution in [3.8, 4) is 11.3 Å². The molecule has 0 fully saturated rings. The smallest absolute Gasteiger partial charge is 0.407 e. The highest BCUT2D eigenvalue weighted by Gasteiger charge is 2.07. The van der Waals surface area contributed by atoms with Gasteiger partial charge in [-0.3, -0.25) is 0 Å². The van der Waals surface area contributed by atoms with Gasteiger partial charge in [-0.05, 0) is 23.5 Å². The molecule has 0 saturated heterocycles. The van der Waals surface area contributed by atoms with E-state index in [9.17, 15) is 4.79 Å². The summed E-state index contributed by atoms with van der Waals surface area (Å²) in [6.45, 7) is 5.18. The molecule has 0 saturated carbocycles. The number of aromatic amines is 1. The van der Waals surface area contributed by atoms with Gasteiger partial charge < -0.3 is 15.0 Å². The van der Waals surface area contributed by atoms with Gasteiger partial charge in [0.05, 0.1) is 5.69 Å². The number of ether oxygens (including phenoxy) is 1. The number of hydrogen-bond donors (Lipinski definition) is 2. The fraction of sp³-hybridized carbons (Fsp3) is 0.304. The largest absolute Gasteiger partial charge is 0.445 e. The number of imidazole rings is 1. The van der Waals surface area contributed by atoms with Gasteiger partial charge >= 0.3 is 6.09 Å². The third kappa shape index (κ3) is 5.98. The minimum absolute atomic E-state index is 0.268. The summed E-state index contributed by atoms with van der Waals surface area (Å²) in [6.07, 6.45) is 3.18. The normalized spacial score (nSPS) is 10.8. The molecule has 28 heavy (non-hydrogen) atoms. The lowest BCUT2D eigenvalue weighted by Crippen LogP contribution is -2.26. The van der Waals surface area contributed by atoms with Crippen molar-refractivity contribution in [2.24, 2.45) is 5.92 Å². The van der Waals surface area contributed by atoms with Gasteiger partial charge in [0.15, 0.2) is 0 Å². The fourth-order valence-electron chi connectivity index (χ4n) is 2.98. The highest BCUT2D eigenvalue weighted by atomic mass is 16.5. The van der Waals surface area contributed by atoms with E-state index in [4.69, 9.17) is 4.74 Å². The van der Waals surface area contributed by atoms with Crippen LogP contribution in [0.5, 0.6) is 0 Å². The molecule has 146 valence electrons. The van der Waals surface area contributed by atoms with Gasteiger partial charge in [-0.2, -0.15) is 0 Å². The number of alkyl carbamates (subject to hydrolysis) is 1. The third-order valence-corrected chi connectivity index (χ3v) is 4.37. The number of benzene rings is 2. The van der Waals surface area contributed by atoms with Crippen LogP contribution < -0.4 is 5.32 Å². The first-order valence-corrected chi connectivity index (χ1v) is 9.68. The number of nitrogens with one attached hydrogen (secondary N) is 2. The van der Waals surface area contributed by atoms with E-state index in [0.717, 1.165) is 29.1 Å². The predicted octanol–water partition coefficient (Wildman–Crippen LogP) is 4.74. The summed E-state index contributed by atoms with van der Waals surface area (Å²) in [4.78, 5) is 19.6. The maximum atomic E-state index is 11.8. The summed E-state index contributed by atoms with van der Waals surface area (Å²) in [6, 6.07) is 18.2. The quantitative estimate of drug-likeness (QED) is 0.596. The number of carbonyl (C=O) groups is 1. The van der Waals surface area contributed by atoms with Crippen molar-refractivity contribution in [2.45, 2.75) is 33.3 Å². The maximum Gasteiger partial charge on any atom is 0.407 e. The molecule has 0 aliphatic rings. The summed E-state index contributed by atoms with van der Waals surface area (Å²) < 4.78 is 5.20. The van der Waals surface area contributed by atoms with Crippen molar-refractivity contribution in [3.05, 3.63) is 77.7 Å². The van der Waals surface area contributed by atoms with Crippen LogP contribution in [-0.4, -0.2) is 22.6 Å². The van der Waals surface area contributed by atoms with Gasteiger partial charge in [0.2, 0.25) is 0 Å². The Morgan fingerprint density at radius 3 is 2.54 bits per heavy atom. The Hall–Kier alpha value is -3.08. The molecule has 3 aromatic rings. The molecule has 0 aliphatic heterocycles. The van der Waals surface area contributed by atoms with Crippen molar-refractivity contribution >= 4 is 6.09 Å². The number of H-pyrrole nitrogens is 1. The first-order chi connectivity index (χ1) is 13.6. The molecule has 0 bridgehead atoms. The van der Waals surface area contributed by atoms with Gasteiger partial charge in [-0.25, -0.2) is 9.78 Å². The van der Waals surface area contributed by atoms with Crippen molar-refractivity contribution < 1.29 is 9.53 Å². The Kier molecular flexibility index (Phi) is 6.84. The maximum absolute atomic E-state index is 11.8. The Labute approximate surface area is 166 Å². The highest BCUT2D eigenvalue weighted by molar-refractivity contribution is 5.67. The van der Waals surface area contributed by atoms with Gasteiger partial charge in [0, 0.05) is 24.7 Å². The monoisotopic (exact) mass is 377 g/mol. The van der Waals surface area contributed by atoms with Crippen LogP contribution in [0.2, 0.25) is 0 Å². The molecule has 0 radical (unpaired) electrons. The van der Waals surface area contributed by atoms with Crippen LogP contribution in [0, 0.1) is 5.92 Å². The van der Waals surface area contributed by atoms with E-state index in [-0.39, 0.29) is 6.61 Å². The average molecular weight is 377 g/mol. The first-order valence-electron chi connectivity index (χ1n) is 9.68.